The number of morpholine rings is 1. The summed E-state index contributed by atoms with van der Waals surface area (Å²) >= 11 is 6.09. The molecule has 0 saturated carbocycles. The van der Waals surface area contributed by atoms with E-state index < -0.39 is 6.04 Å². The second-order valence-electron chi connectivity index (χ2n) is 8.08. The van der Waals surface area contributed by atoms with Gasteiger partial charge in [0.2, 0.25) is 5.76 Å². The predicted octanol–water partition coefficient (Wildman–Crippen LogP) is 3.63. The summed E-state index contributed by atoms with van der Waals surface area (Å²) in [5, 5.41) is 1.11. The quantitative estimate of drug-likeness (QED) is 0.622. The minimum atomic E-state index is -0.498. The van der Waals surface area contributed by atoms with Gasteiger partial charge >= 0.3 is 0 Å². The molecule has 7 heteroatoms. The van der Waals surface area contributed by atoms with Crippen molar-refractivity contribution in [1.29, 1.82) is 0 Å². The molecule has 0 aliphatic carbocycles. The maximum Gasteiger partial charge on any atom is 0.290 e. The molecule has 3 heterocycles. The van der Waals surface area contributed by atoms with Gasteiger partial charge in [-0.25, -0.2) is 0 Å². The fourth-order valence-corrected chi connectivity index (χ4v) is 4.56. The highest BCUT2D eigenvalue weighted by Crippen LogP contribution is 2.38. The summed E-state index contributed by atoms with van der Waals surface area (Å²) in [5.74, 6) is -0.105. The molecule has 1 saturated heterocycles. The molecule has 2 aromatic carbocycles. The van der Waals surface area contributed by atoms with Crippen LogP contribution in [0.4, 0.5) is 0 Å². The zero-order chi connectivity index (χ0) is 21.5. The summed E-state index contributed by atoms with van der Waals surface area (Å²) in [6.07, 6.45) is 0. The van der Waals surface area contributed by atoms with Crippen LogP contribution in [0.25, 0.3) is 11.0 Å². The van der Waals surface area contributed by atoms with Crippen LogP contribution in [-0.4, -0.2) is 55.1 Å². The highest BCUT2D eigenvalue weighted by molar-refractivity contribution is 6.30. The standard InChI is InChI=1S/C24H23ClN2O4/c1-15-2-7-19-18(14-15)22(28)20-21(16-3-5-17(25)6-4-16)27(24(29)23(20)31-19)9-8-26-10-12-30-13-11-26/h2-7,14,21H,8-13H2,1H3/t21-/m0/s1. The van der Waals surface area contributed by atoms with Crippen molar-refractivity contribution < 1.29 is 13.9 Å². The molecule has 6 nitrogen and oxygen atoms in total. The summed E-state index contributed by atoms with van der Waals surface area (Å²) in [6.45, 7) is 6.19. The first-order valence-corrected chi connectivity index (χ1v) is 10.8. The first-order valence-electron chi connectivity index (χ1n) is 10.5. The normalized spacial score (nSPS) is 19.2. The Morgan fingerprint density at radius 1 is 1.03 bits per heavy atom. The van der Waals surface area contributed by atoms with Crippen molar-refractivity contribution in [1.82, 2.24) is 9.80 Å². The Hall–Kier alpha value is -2.67. The van der Waals surface area contributed by atoms with E-state index in [9.17, 15) is 9.59 Å². The van der Waals surface area contributed by atoms with Crippen molar-refractivity contribution in [3.63, 3.8) is 0 Å². The third kappa shape index (κ3) is 3.65. The van der Waals surface area contributed by atoms with E-state index in [2.05, 4.69) is 4.90 Å². The van der Waals surface area contributed by atoms with Crippen LogP contribution in [0.5, 0.6) is 0 Å². The van der Waals surface area contributed by atoms with Crippen molar-refractivity contribution in [3.8, 4) is 0 Å². The molecule has 1 aromatic heterocycles. The maximum absolute atomic E-state index is 13.5. The lowest BCUT2D eigenvalue weighted by Crippen LogP contribution is -2.42. The Bertz CT molecular complexity index is 1200. The summed E-state index contributed by atoms with van der Waals surface area (Å²) in [4.78, 5) is 31.0. The number of fused-ring (bicyclic) bond motifs is 2. The van der Waals surface area contributed by atoms with Crippen molar-refractivity contribution in [2.45, 2.75) is 13.0 Å². The number of amides is 1. The maximum atomic E-state index is 13.5. The number of nitrogens with zero attached hydrogens (tertiary/aromatic N) is 2. The molecule has 0 bridgehead atoms. The summed E-state index contributed by atoms with van der Waals surface area (Å²) < 4.78 is 11.4. The van der Waals surface area contributed by atoms with Gasteiger partial charge in [0, 0.05) is 31.2 Å². The second kappa shape index (κ2) is 8.11. The van der Waals surface area contributed by atoms with Crippen LogP contribution in [0, 0.1) is 6.92 Å². The fraction of sp³-hybridized carbons (Fsp3) is 0.333. The van der Waals surface area contributed by atoms with E-state index >= 15 is 0 Å². The van der Waals surface area contributed by atoms with Gasteiger partial charge < -0.3 is 14.1 Å². The lowest BCUT2D eigenvalue weighted by molar-refractivity contribution is 0.0314. The van der Waals surface area contributed by atoms with E-state index in [1.54, 1.807) is 23.1 Å². The van der Waals surface area contributed by atoms with Crippen molar-refractivity contribution in [2.24, 2.45) is 0 Å². The van der Waals surface area contributed by atoms with Gasteiger partial charge in [0.1, 0.15) is 5.58 Å². The molecule has 0 spiro atoms. The van der Waals surface area contributed by atoms with Gasteiger partial charge in [0.15, 0.2) is 5.43 Å². The molecule has 3 aromatic rings. The van der Waals surface area contributed by atoms with Crippen LogP contribution in [0.1, 0.15) is 33.3 Å². The third-order valence-electron chi connectivity index (χ3n) is 6.07. The highest BCUT2D eigenvalue weighted by Gasteiger charge is 2.42. The zero-order valence-corrected chi connectivity index (χ0v) is 18.0. The van der Waals surface area contributed by atoms with Crippen molar-refractivity contribution >= 4 is 28.5 Å². The van der Waals surface area contributed by atoms with Crippen molar-refractivity contribution in [2.75, 3.05) is 39.4 Å². The molecule has 2 aliphatic heterocycles. The van der Waals surface area contributed by atoms with Gasteiger partial charge in [-0.05, 0) is 36.8 Å². The molecule has 1 atom stereocenters. The summed E-state index contributed by atoms with van der Waals surface area (Å²) in [6, 6.07) is 12.3. The minimum absolute atomic E-state index is 0.142. The van der Waals surface area contributed by atoms with Gasteiger partial charge in [0.25, 0.3) is 5.91 Å². The lowest BCUT2D eigenvalue weighted by atomic mass is 9.98. The van der Waals surface area contributed by atoms with Crippen LogP contribution in [0.2, 0.25) is 5.02 Å². The molecule has 31 heavy (non-hydrogen) atoms. The number of hydrogen-bond donors (Lipinski definition) is 0. The van der Waals surface area contributed by atoms with Crippen LogP contribution in [-0.2, 0) is 4.74 Å². The van der Waals surface area contributed by atoms with Crippen LogP contribution >= 0.6 is 11.6 Å². The number of hydrogen-bond acceptors (Lipinski definition) is 5. The van der Waals surface area contributed by atoms with E-state index in [-0.39, 0.29) is 17.1 Å². The summed E-state index contributed by atoms with van der Waals surface area (Å²) in [7, 11) is 0. The van der Waals surface area contributed by atoms with E-state index in [0.717, 1.165) is 24.2 Å². The Morgan fingerprint density at radius 2 is 1.77 bits per heavy atom. The molecule has 5 rings (SSSR count). The van der Waals surface area contributed by atoms with Gasteiger partial charge in [-0.2, -0.15) is 0 Å². The van der Waals surface area contributed by atoms with E-state index in [1.807, 2.05) is 31.2 Å². The Morgan fingerprint density at radius 3 is 2.52 bits per heavy atom. The van der Waals surface area contributed by atoms with E-state index in [4.69, 9.17) is 20.8 Å². The van der Waals surface area contributed by atoms with Crippen LogP contribution < -0.4 is 5.43 Å². The average molecular weight is 439 g/mol. The number of benzene rings is 2. The molecule has 1 amide bonds. The molecule has 2 aliphatic rings. The van der Waals surface area contributed by atoms with Crippen molar-refractivity contribution in [3.05, 3.63) is 80.2 Å². The monoisotopic (exact) mass is 438 g/mol. The highest BCUT2D eigenvalue weighted by atomic mass is 35.5. The molecular weight excluding hydrogens is 416 g/mol. The van der Waals surface area contributed by atoms with Gasteiger partial charge in [0.05, 0.1) is 30.2 Å². The Kier molecular flexibility index (Phi) is 5.30. The Labute approximate surface area is 185 Å². The second-order valence-corrected chi connectivity index (χ2v) is 8.52. The predicted molar refractivity (Wildman–Crippen MR) is 119 cm³/mol. The van der Waals surface area contributed by atoms with E-state index in [1.165, 1.54) is 0 Å². The molecule has 160 valence electrons. The smallest absolute Gasteiger partial charge is 0.290 e. The molecule has 0 N–H and O–H groups in total. The molecule has 1 fully saturated rings. The molecule has 0 unspecified atom stereocenters. The average Bonchev–Trinajstić information content (AvgIpc) is 3.06. The van der Waals surface area contributed by atoms with E-state index in [0.29, 0.717) is 47.9 Å². The van der Waals surface area contributed by atoms with Gasteiger partial charge in [-0.15, -0.1) is 0 Å². The van der Waals surface area contributed by atoms with Crippen LogP contribution in [0.3, 0.4) is 0 Å². The van der Waals surface area contributed by atoms with Gasteiger partial charge in [-0.1, -0.05) is 35.4 Å². The third-order valence-corrected chi connectivity index (χ3v) is 6.32. The fourth-order valence-electron chi connectivity index (χ4n) is 4.43. The zero-order valence-electron chi connectivity index (χ0n) is 17.3. The molecular formula is C24H23ClN2O4. The SMILES string of the molecule is Cc1ccc2oc3c(c(=O)c2c1)[C@H](c1ccc(Cl)cc1)N(CCN1CCOCC1)C3=O. The first kappa shape index (κ1) is 20.2. The van der Waals surface area contributed by atoms with Gasteiger partial charge in [-0.3, -0.25) is 14.5 Å². The largest absolute Gasteiger partial charge is 0.450 e. The number of rotatable bonds is 4. The Balaban J connectivity index is 1.60. The number of halogens is 1. The number of carbonyl (C=O) groups is 1. The minimum Gasteiger partial charge on any atom is -0.450 e. The van der Waals surface area contributed by atoms with Crippen LogP contribution in [0.15, 0.2) is 51.7 Å². The first-order chi connectivity index (χ1) is 15.0. The molecule has 0 radical (unpaired) electrons. The lowest BCUT2D eigenvalue weighted by Gasteiger charge is -2.31. The number of aryl methyl sites for hydroxylation is 1. The summed E-state index contributed by atoms with van der Waals surface area (Å²) in [5.41, 5.74) is 2.51. The number of carbonyl (C=O) groups excluding carboxylic acids is 1. The topological polar surface area (TPSA) is 63.0 Å². The number of ether oxygens (including phenoxy) is 1.